The number of hydrogen-bond acceptors (Lipinski definition) is 5. The molecule has 3 aromatic rings. The minimum absolute atomic E-state index is 0.0282. The van der Waals surface area contributed by atoms with Crippen LogP contribution in [0, 0.1) is 13.8 Å². The van der Waals surface area contributed by atoms with Crippen LogP contribution in [-0.4, -0.2) is 23.4 Å². The maximum absolute atomic E-state index is 12.4. The van der Waals surface area contributed by atoms with Gasteiger partial charge in [0.2, 0.25) is 12.7 Å². The van der Waals surface area contributed by atoms with Crippen molar-refractivity contribution < 1.29 is 14.3 Å². The van der Waals surface area contributed by atoms with Gasteiger partial charge in [-0.1, -0.05) is 36.0 Å². The molecule has 1 aliphatic heterocycles. The third-order valence-electron chi connectivity index (χ3n) is 4.85. The maximum Gasteiger partial charge on any atom is 0.231 e. The lowest BCUT2D eigenvalue weighted by Crippen LogP contribution is -2.28. The number of carbonyl (C=O) groups is 1. The van der Waals surface area contributed by atoms with Crippen molar-refractivity contribution in [2.45, 2.75) is 31.8 Å². The van der Waals surface area contributed by atoms with Crippen LogP contribution in [0.25, 0.3) is 10.9 Å². The second kappa shape index (κ2) is 7.72. The van der Waals surface area contributed by atoms with Crippen LogP contribution in [-0.2, 0) is 4.79 Å². The topological polar surface area (TPSA) is 60.5 Å². The van der Waals surface area contributed by atoms with Crippen molar-refractivity contribution in [3.63, 3.8) is 0 Å². The molecule has 1 N–H and O–H groups in total. The first-order valence-corrected chi connectivity index (χ1v) is 10.2. The molecule has 28 heavy (non-hydrogen) atoms. The highest BCUT2D eigenvalue weighted by Crippen LogP contribution is 2.34. The Labute approximate surface area is 168 Å². The summed E-state index contributed by atoms with van der Waals surface area (Å²) in [6.07, 6.45) is 0. The third kappa shape index (κ3) is 3.78. The SMILES string of the molecule is Cc1cc(SCC(=O)N[C@H](C)c2ccc3c(c2)OCO3)nc2c(C)cccc12. The molecule has 2 aromatic carbocycles. The van der Waals surface area contributed by atoms with Crippen LogP contribution < -0.4 is 14.8 Å². The number of para-hydroxylation sites is 1. The number of aryl methyl sites for hydroxylation is 2. The highest BCUT2D eigenvalue weighted by molar-refractivity contribution is 7.99. The Morgan fingerprint density at radius 3 is 2.82 bits per heavy atom. The lowest BCUT2D eigenvalue weighted by Gasteiger charge is -2.15. The first-order chi connectivity index (χ1) is 13.5. The van der Waals surface area contributed by atoms with Crippen molar-refractivity contribution >= 4 is 28.6 Å². The number of pyridine rings is 1. The second-order valence-corrected chi connectivity index (χ2v) is 7.93. The van der Waals surface area contributed by atoms with Crippen LogP contribution in [0.2, 0.25) is 0 Å². The fourth-order valence-electron chi connectivity index (χ4n) is 3.29. The number of nitrogens with zero attached hydrogens (tertiary/aromatic N) is 1. The Hall–Kier alpha value is -2.73. The van der Waals surface area contributed by atoms with E-state index in [1.54, 1.807) is 0 Å². The van der Waals surface area contributed by atoms with Crippen LogP contribution in [0.4, 0.5) is 0 Å². The van der Waals surface area contributed by atoms with Gasteiger partial charge in [-0.25, -0.2) is 4.98 Å². The molecule has 0 bridgehead atoms. The van der Waals surface area contributed by atoms with Crippen molar-refractivity contribution in [1.29, 1.82) is 0 Å². The molecule has 144 valence electrons. The van der Waals surface area contributed by atoms with Crippen molar-refractivity contribution in [2.75, 3.05) is 12.5 Å². The van der Waals surface area contributed by atoms with Gasteiger partial charge in [-0.3, -0.25) is 4.79 Å². The van der Waals surface area contributed by atoms with Gasteiger partial charge in [-0.05, 0) is 55.7 Å². The van der Waals surface area contributed by atoms with Crippen molar-refractivity contribution in [2.24, 2.45) is 0 Å². The number of carbonyl (C=O) groups excluding carboxylic acids is 1. The molecule has 1 aliphatic rings. The van der Waals surface area contributed by atoms with Crippen molar-refractivity contribution in [1.82, 2.24) is 10.3 Å². The van der Waals surface area contributed by atoms with Crippen molar-refractivity contribution in [3.8, 4) is 11.5 Å². The molecule has 1 atom stereocenters. The van der Waals surface area contributed by atoms with E-state index in [1.165, 1.54) is 17.3 Å². The van der Waals surface area contributed by atoms with E-state index >= 15 is 0 Å². The van der Waals surface area contributed by atoms with Crippen molar-refractivity contribution in [3.05, 3.63) is 59.2 Å². The summed E-state index contributed by atoms with van der Waals surface area (Å²) in [4.78, 5) is 17.2. The summed E-state index contributed by atoms with van der Waals surface area (Å²) in [7, 11) is 0. The zero-order valence-corrected chi connectivity index (χ0v) is 16.9. The molecule has 0 saturated carbocycles. The van der Waals surface area contributed by atoms with Gasteiger partial charge in [0.15, 0.2) is 11.5 Å². The van der Waals surface area contributed by atoms with Gasteiger partial charge in [0, 0.05) is 5.39 Å². The van der Waals surface area contributed by atoms with E-state index in [1.807, 2.05) is 37.3 Å². The quantitative estimate of drug-likeness (QED) is 0.644. The third-order valence-corrected chi connectivity index (χ3v) is 5.76. The molecule has 1 amide bonds. The number of thioether (sulfide) groups is 1. The smallest absolute Gasteiger partial charge is 0.231 e. The minimum atomic E-state index is -0.115. The van der Waals surface area contributed by atoms with Gasteiger partial charge in [0.25, 0.3) is 0 Å². The molecule has 0 radical (unpaired) electrons. The summed E-state index contributed by atoms with van der Waals surface area (Å²) in [6.45, 7) is 6.34. The molecule has 4 rings (SSSR count). The summed E-state index contributed by atoms with van der Waals surface area (Å²) < 4.78 is 10.7. The van der Waals surface area contributed by atoms with Gasteiger partial charge in [0.1, 0.15) is 0 Å². The number of benzene rings is 2. The van der Waals surface area contributed by atoms with E-state index in [-0.39, 0.29) is 18.7 Å². The zero-order valence-electron chi connectivity index (χ0n) is 16.1. The standard InChI is InChI=1S/C22H22N2O3S/c1-13-5-4-6-17-14(2)9-21(24-22(13)17)28-11-20(25)23-15(3)16-7-8-18-19(10-16)27-12-26-18/h4-10,15H,11-12H2,1-3H3,(H,23,25)/t15-/m1/s1. The number of aromatic nitrogens is 1. The Morgan fingerprint density at radius 1 is 1.14 bits per heavy atom. The summed E-state index contributed by atoms with van der Waals surface area (Å²) in [5.74, 6) is 1.75. The fourth-order valence-corrected chi connectivity index (χ4v) is 4.07. The Balaban J connectivity index is 1.40. The predicted octanol–water partition coefficient (Wildman–Crippen LogP) is 4.55. The Morgan fingerprint density at radius 2 is 1.96 bits per heavy atom. The highest BCUT2D eigenvalue weighted by atomic mass is 32.2. The molecule has 2 heterocycles. The predicted molar refractivity (Wildman–Crippen MR) is 111 cm³/mol. The maximum atomic E-state index is 12.4. The number of ether oxygens (including phenoxy) is 2. The van der Waals surface area contributed by atoms with Crippen LogP contribution >= 0.6 is 11.8 Å². The Kier molecular flexibility index (Phi) is 5.13. The summed E-state index contributed by atoms with van der Waals surface area (Å²) >= 11 is 1.46. The number of amides is 1. The minimum Gasteiger partial charge on any atom is -0.454 e. The molecular formula is C22H22N2O3S. The Bertz CT molecular complexity index is 1050. The normalized spacial score (nSPS) is 13.5. The second-order valence-electron chi connectivity index (χ2n) is 6.94. The van der Waals surface area contributed by atoms with Crippen LogP contribution in [0.5, 0.6) is 11.5 Å². The monoisotopic (exact) mass is 394 g/mol. The largest absolute Gasteiger partial charge is 0.454 e. The van der Waals surface area contributed by atoms with Gasteiger partial charge >= 0.3 is 0 Å². The molecule has 0 fully saturated rings. The van der Waals surface area contributed by atoms with Crippen LogP contribution in [0.15, 0.2) is 47.5 Å². The van der Waals surface area contributed by atoms with E-state index in [9.17, 15) is 4.79 Å². The van der Waals surface area contributed by atoms with Crippen LogP contribution in [0.3, 0.4) is 0 Å². The number of nitrogens with one attached hydrogen (secondary N) is 1. The molecule has 0 saturated heterocycles. The number of hydrogen-bond donors (Lipinski definition) is 1. The summed E-state index contributed by atoms with van der Waals surface area (Å²) in [5.41, 5.74) is 4.30. The van der Waals surface area contributed by atoms with Gasteiger partial charge < -0.3 is 14.8 Å². The molecule has 0 unspecified atom stereocenters. The molecule has 1 aromatic heterocycles. The van der Waals surface area contributed by atoms with Gasteiger partial charge in [-0.15, -0.1) is 0 Å². The lowest BCUT2D eigenvalue weighted by molar-refractivity contribution is -0.119. The van der Waals surface area contributed by atoms with E-state index in [4.69, 9.17) is 14.5 Å². The summed E-state index contributed by atoms with van der Waals surface area (Å²) in [5, 5.41) is 5.06. The van der Waals surface area contributed by atoms with Gasteiger partial charge in [0.05, 0.1) is 22.3 Å². The lowest BCUT2D eigenvalue weighted by atomic mass is 10.1. The fraction of sp³-hybridized carbons (Fsp3) is 0.273. The van der Waals surface area contributed by atoms with E-state index in [0.29, 0.717) is 5.75 Å². The average molecular weight is 394 g/mol. The van der Waals surface area contributed by atoms with E-state index in [2.05, 4.69) is 31.3 Å². The molecule has 0 aliphatic carbocycles. The highest BCUT2D eigenvalue weighted by Gasteiger charge is 2.17. The molecule has 0 spiro atoms. The number of rotatable bonds is 5. The van der Waals surface area contributed by atoms with Gasteiger partial charge in [-0.2, -0.15) is 0 Å². The average Bonchev–Trinajstić information content (AvgIpc) is 3.15. The molecule has 6 heteroatoms. The number of fused-ring (bicyclic) bond motifs is 2. The van der Waals surface area contributed by atoms with E-state index < -0.39 is 0 Å². The zero-order chi connectivity index (χ0) is 19.7. The molecule has 5 nitrogen and oxygen atoms in total. The van der Waals surface area contributed by atoms with Crippen LogP contribution in [0.1, 0.15) is 29.7 Å². The molecular weight excluding hydrogens is 372 g/mol. The summed E-state index contributed by atoms with van der Waals surface area (Å²) in [6, 6.07) is 13.8. The van der Waals surface area contributed by atoms with E-state index in [0.717, 1.165) is 38.6 Å². The first kappa shape index (κ1) is 18.6. The first-order valence-electron chi connectivity index (χ1n) is 9.20.